The molecule has 3 aliphatic rings. The van der Waals surface area contributed by atoms with E-state index in [0.29, 0.717) is 42.7 Å². The van der Waals surface area contributed by atoms with Crippen molar-refractivity contribution >= 4 is 12.0 Å². The van der Waals surface area contributed by atoms with Gasteiger partial charge >= 0.3 is 11.8 Å². The van der Waals surface area contributed by atoms with Gasteiger partial charge in [0.1, 0.15) is 11.5 Å². The summed E-state index contributed by atoms with van der Waals surface area (Å²) in [7, 11) is 0. The number of hydrogen-bond acceptors (Lipinski definition) is 8. The Bertz CT molecular complexity index is 1570. The quantitative estimate of drug-likeness (QED) is 0.333. The van der Waals surface area contributed by atoms with Gasteiger partial charge in [-0.05, 0) is 61.2 Å². The number of likely N-dealkylation sites (tertiary alicyclic amines) is 2. The SMILES string of the molecule is CC(C)c1cc(-c2n[nH]c(=O)n2-c2ccc(CN3CCC4(CC3)CN(C(=O)C3(OC(N)=O)CC3)C4)cc2)c(O)cc1O. The lowest BCUT2D eigenvalue weighted by molar-refractivity contribution is -0.158. The zero-order valence-corrected chi connectivity index (χ0v) is 23.8. The molecule has 0 radical (unpaired) electrons. The van der Waals surface area contributed by atoms with Crippen molar-refractivity contribution in [3.8, 4) is 28.6 Å². The first kappa shape index (κ1) is 27.8. The minimum absolute atomic E-state index is 0.00626. The van der Waals surface area contributed by atoms with Crippen LogP contribution in [0.5, 0.6) is 11.5 Å². The van der Waals surface area contributed by atoms with E-state index in [9.17, 15) is 24.6 Å². The maximum Gasteiger partial charge on any atom is 0.405 e. The van der Waals surface area contributed by atoms with Gasteiger partial charge < -0.3 is 25.6 Å². The molecule has 5 N–H and O–H groups in total. The second-order valence-electron chi connectivity index (χ2n) is 12.3. The lowest BCUT2D eigenvalue weighted by Crippen LogP contribution is -2.64. The molecule has 2 aromatic carbocycles. The second kappa shape index (κ2) is 10.2. The Morgan fingerprint density at radius 1 is 1.05 bits per heavy atom. The molecule has 0 bridgehead atoms. The van der Waals surface area contributed by atoms with Crippen LogP contribution in [0.1, 0.15) is 56.6 Å². The Balaban J connectivity index is 1.08. The maximum absolute atomic E-state index is 12.8. The Morgan fingerprint density at radius 2 is 1.71 bits per heavy atom. The van der Waals surface area contributed by atoms with Gasteiger partial charge in [-0.2, -0.15) is 5.10 Å². The van der Waals surface area contributed by atoms with E-state index in [0.717, 1.165) is 38.0 Å². The number of phenolic OH excluding ortho intramolecular Hbond substituents is 2. The van der Waals surface area contributed by atoms with Gasteiger partial charge in [0.05, 0.1) is 11.3 Å². The van der Waals surface area contributed by atoms with Gasteiger partial charge in [-0.25, -0.2) is 19.3 Å². The highest BCUT2D eigenvalue weighted by Gasteiger charge is 2.59. The summed E-state index contributed by atoms with van der Waals surface area (Å²) in [5.41, 5.74) is 6.53. The Morgan fingerprint density at radius 3 is 2.31 bits per heavy atom. The van der Waals surface area contributed by atoms with E-state index in [1.165, 1.54) is 10.6 Å². The van der Waals surface area contributed by atoms with E-state index in [-0.39, 0.29) is 34.6 Å². The van der Waals surface area contributed by atoms with Crippen LogP contribution in [-0.4, -0.2) is 78.6 Å². The molecule has 6 rings (SSSR count). The Kier molecular flexibility index (Phi) is 6.76. The van der Waals surface area contributed by atoms with Crippen LogP contribution in [0.3, 0.4) is 0 Å². The molecule has 12 heteroatoms. The number of carbonyl (C=O) groups is 2. The average molecular weight is 577 g/mol. The number of H-pyrrole nitrogens is 1. The number of amides is 2. The number of hydrogen-bond donors (Lipinski definition) is 4. The maximum atomic E-state index is 12.8. The predicted molar refractivity (Wildman–Crippen MR) is 153 cm³/mol. The molecule has 2 amide bonds. The van der Waals surface area contributed by atoms with Crippen LogP contribution in [0, 0.1) is 5.41 Å². The number of carbonyl (C=O) groups excluding carboxylic acids is 2. The summed E-state index contributed by atoms with van der Waals surface area (Å²) in [5.74, 6) is -0.0173. The van der Waals surface area contributed by atoms with E-state index >= 15 is 0 Å². The van der Waals surface area contributed by atoms with Crippen LogP contribution in [0.25, 0.3) is 17.1 Å². The first-order chi connectivity index (χ1) is 20.0. The molecular formula is C30H36N6O6. The van der Waals surface area contributed by atoms with Gasteiger partial charge in [0.2, 0.25) is 0 Å². The molecule has 0 atom stereocenters. The summed E-state index contributed by atoms with van der Waals surface area (Å²) in [5, 5.41) is 27.4. The van der Waals surface area contributed by atoms with Crippen LogP contribution in [-0.2, 0) is 16.1 Å². The lowest BCUT2D eigenvalue weighted by Gasteiger charge is -2.54. The molecule has 222 valence electrons. The first-order valence-electron chi connectivity index (χ1n) is 14.3. The standard InChI is InChI=1S/C30H36N6O6/c1-18(2)21-13-22(24(38)14-23(21)37)25-32-33-28(41)36(25)20-5-3-19(4-6-20)15-34-11-9-29(10-12-34)16-35(17-29)26(39)30(7-8-30)42-27(31)40/h3-6,13-14,18,37-38H,7-12,15-17H2,1-2H3,(H2,31,40)(H,33,41). The van der Waals surface area contributed by atoms with Gasteiger partial charge in [0, 0.05) is 44.0 Å². The smallest absolute Gasteiger partial charge is 0.405 e. The lowest BCUT2D eigenvalue weighted by atomic mass is 9.71. The molecule has 0 unspecified atom stereocenters. The molecule has 12 nitrogen and oxygen atoms in total. The number of aromatic nitrogens is 3. The predicted octanol–water partition coefficient (Wildman–Crippen LogP) is 2.81. The highest BCUT2D eigenvalue weighted by Crippen LogP contribution is 2.47. The van der Waals surface area contributed by atoms with Crippen LogP contribution < -0.4 is 11.4 Å². The van der Waals surface area contributed by atoms with Crippen molar-refractivity contribution in [3.05, 3.63) is 58.0 Å². The van der Waals surface area contributed by atoms with Crippen molar-refractivity contribution < 1.29 is 24.5 Å². The molecule has 2 saturated heterocycles. The topological polar surface area (TPSA) is 167 Å². The van der Waals surface area contributed by atoms with Gasteiger partial charge in [-0.15, -0.1) is 0 Å². The molecule has 3 fully saturated rings. The van der Waals surface area contributed by atoms with Gasteiger partial charge in [0.15, 0.2) is 11.4 Å². The van der Waals surface area contributed by atoms with Crippen LogP contribution >= 0.6 is 0 Å². The summed E-state index contributed by atoms with van der Waals surface area (Å²) < 4.78 is 6.52. The fraction of sp³-hybridized carbons (Fsp3) is 0.467. The fourth-order valence-electron chi connectivity index (χ4n) is 6.32. The number of benzene rings is 2. The van der Waals surface area contributed by atoms with E-state index < -0.39 is 17.4 Å². The number of ether oxygens (including phenoxy) is 1. The highest BCUT2D eigenvalue weighted by atomic mass is 16.6. The third-order valence-corrected chi connectivity index (χ3v) is 8.93. The summed E-state index contributed by atoms with van der Waals surface area (Å²) in [6.07, 6.45) is 2.16. The van der Waals surface area contributed by atoms with Crippen molar-refractivity contribution in [2.75, 3.05) is 26.2 Å². The molecule has 2 aliphatic heterocycles. The summed E-state index contributed by atoms with van der Waals surface area (Å²) >= 11 is 0. The molecule has 42 heavy (non-hydrogen) atoms. The molecule has 3 aromatic rings. The van der Waals surface area contributed by atoms with Gasteiger partial charge in [0.25, 0.3) is 5.91 Å². The zero-order valence-electron chi connectivity index (χ0n) is 23.8. The number of nitrogens with zero attached hydrogens (tertiary/aromatic N) is 4. The van der Waals surface area contributed by atoms with Gasteiger partial charge in [-0.1, -0.05) is 26.0 Å². The first-order valence-corrected chi connectivity index (χ1v) is 14.3. The third-order valence-electron chi connectivity index (χ3n) is 8.93. The van der Waals surface area contributed by atoms with E-state index in [1.54, 1.807) is 11.0 Å². The number of primary amides is 1. The molecule has 1 spiro atoms. The highest BCUT2D eigenvalue weighted by molar-refractivity contribution is 5.91. The summed E-state index contributed by atoms with van der Waals surface area (Å²) in [6.45, 7) is 7.84. The minimum Gasteiger partial charge on any atom is -0.508 e. The molecule has 1 aromatic heterocycles. The number of aromatic amines is 1. The normalized spacial score (nSPS) is 19.1. The number of rotatable bonds is 7. The Hall–Kier alpha value is -4.32. The number of phenols is 2. The average Bonchev–Trinajstić information content (AvgIpc) is 3.60. The van der Waals surface area contributed by atoms with Gasteiger partial charge in [-0.3, -0.25) is 9.69 Å². The summed E-state index contributed by atoms with van der Waals surface area (Å²) in [4.78, 5) is 40.9. The van der Waals surface area contributed by atoms with Crippen molar-refractivity contribution in [3.63, 3.8) is 0 Å². The molecular weight excluding hydrogens is 540 g/mol. The van der Waals surface area contributed by atoms with E-state index in [2.05, 4.69) is 15.1 Å². The van der Waals surface area contributed by atoms with Crippen LogP contribution in [0.4, 0.5) is 4.79 Å². The van der Waals surface area contributed by atoms with Crippen molar-refractivity contribution in [2.24, 2.45) is 11.1 Å². The van der Waals surface area contributed by atoms with E-state index in [1.807, 2.05) is 38.1 Å². The van der Waals surface area contributed by atoms with Crippen molar-refractivity contribution in [1.29, 1.82) is 0 Å². The van der Waals surface area contributed by atoms with Crippen molar-refractivity contribution in [2.45, 2.75) is 57.6 Å². The number of nitrogens with two attached hydrogens (primary N) is 1. The van der Waals surface area contributed by atoms with E-state index in [4.69, 9.17) is 10.5 Å². The number of piperidine rings is 1. The summed E-state index contributed by atoms with van der Waals surface area (Å²) in [6, 6.07) is 10.6. The zero-order chi connectivity index (χ0) is 29.8. The van der Waals surface area contributed by atoms with Crippen molar-refractivity contribution in [1.82, 2.24) is 24.6 Å². The second-order valence-corrected chi connectivity index (χ2v) is 12.3. The third kappa shape index (κ3) is 5.00. The van der Waals surface area contributed by atoms with Crippen LogP contribution in [0.15, 0.2) is 41.2 Å². The molecule has 1 aliphatic carbocycles. The fourth-order valence-corrected chi connectivity index (χ4v) is 6.32. The minimum atomic E-state index is -1.02. The van der Waals surface area contributed by atoms with Crippen LogP contribution in [0.2, 0.25) is 0 Å². The molecule has 1 saturated carbocycles. The largest absolute Gasteiger partial charge is 0.508 e. The monoisotopic (exact) mass is 576 g/mol. The number of nitrogens with one attached hydrogen (secondary N) is 1. The Labute approximate surface area is 242 Å². The number of aromatic hydroxyl groups is 2. The molecule has 3 heterocycles.